The van der Waals surface area contributed by atoms with Gasteiger partial charge in [-0.15, -0.1) is 0 Å². The Kier molecular flexibility index (Phi) is 1.30. The van der Waals surface area contributed by atoms with Crippen LogP contribution in [0.2, 0.25) is 0 Å². The molecular weight excluding hydrogens is 157 g/mol. The van der Waals surface area contributed by atoms with Crippen molar-refractivity contribution in [2.75, 3.05) is 5.73 Å². The highest BCUT2D eigenvalue weighted by atomic mass is 19.1. The summed E-state index contributed by atoms with van der Waals surface area (Å²) >= 11 is 0. The molecular formula is C8H8FN3. The molecule has 2 aromatic rings. The van der Waals surface area contributed by atoms with Gasteiger partial charge >= 0.3 is 0 Å². The molecule has 0 unspecified atom stereocenters. The number of nitrogens with zero attached hydrogens (tertiary/aromatic N) is 1. The molecule has 0 aliphatic carbocycles. The molecule has 1 aromatic carbocycles. The van der Waals surface area contributed by atoms with Gasteiger partial charge in [0.2, 0.25) is 0 Å². The molecule has 0 saturated carbocycles. The summed E-state index contributed by atoms with van der Waals surface area (Å²) in [7, 11) is 0. The molecule has 0 radical (unpaired) electrons. The molecule has 0 spiro atoms. The lowest BCUT2D eigenvalue weighted by molar-refractivity contribution is 0.621. The first-order valence-electron chi connectivity index (χ1n) is 3.58. The van der Waals surface area contributed by atoms with Crippen molar-refractivity contribution in [3.63, 3.8) is 0 Å². The second-order valence-electron chi connectivity index (χ2n) is 2.73. The first-order chi connectivity index (χ1) is 5.70. The van der Waals surface area contributed by atoms with Crippen LogP contribution in [0.5, 0.6) is 0 Å². The minimum absolute atomic E-state index is 0.290. The van der Waals surface area contributed by atoms with E-state index in [-0.39, 0.29) is 5.82 Å². The summed E-state index contributed by atoms with van der Waals surface area (Å²) in [5, 5.41) is 7.19. The van der Waals surface area contributed by atoms with Gasteiger partial charge in [0.1, 0.15) is 5.82 Å². The highest BCUT2D eigenvalue weighted by molar-refractivity contribution is 5.90. The summed E-state index contributed by atoms with van der Waals surface area (Å²) in [6, 6.07) is 1.42. The minimum atomic E-state index is -0.290. The van der Waals surface area contributed by atoms with Gasteiger partial charge < -0.3 is 5.73 Å². The van der Waals surface area contributed by atoms with E-state index in [1.54, 1.807) is 13.1 Å². The van der Waals surface area contributed by atoms with Gasteiger partial charge in [0.05, 0.1) is 17.4 Å². The van der Waals surface area contributed by atoms with E-state index in [1.165, 1.54) is 6.07 Å². The zero-order valence-corrected chi connectivity index (χ0v) is 6.56. The number of H-pyrrole nitrogens is 1. The summed E-state index contributed by atoms with van der Waals surface area (Å²) in [5.41, 5.74) is 7.25. The summed E-state index contributed by atoms with van der Waals surface area (Å²) < 4.78 is 13.1. The standard InChI is InChI=1S/C8H8FN3/c1-4-6(9)2-5-3-11-12-8(5)7(4)10/h2-3H,10H2,1H3,(H,11,12). The van der Waals surface area contributed by atoms with Gasteiger partial charge in [0.25, 0.3) is 0 Å². The smallest absolute Gasteiger partial charge is 0.128 e. The van der Waals surface area contributed by atoms with E-state index >= 15 is 0 Å². The maximum absolute atomic E-state index is 13.1. The van der Waals surface area contributed by atoms with Gasteiger partial charge in [-0.3, -0.25) is 5.10 Å². The quantitative estimate of drug-likeness (QED) is 0.582. The van der Waals surface area contributed by atoms with Crippen LogP contribution in [0.1, 0.15) is 5.56 Å². The molecule has 4 heteroatoms. The Morgan fingerprint density at radius 1 is 1.58 bits per heavy atom. The van der Waals surface area contributed by atoms with E-state index in [0.29, 0.717) is 22.2 Å². The van der Waals surface area contributed by atoms with Crippen LogP contribution < -0.4 is 5.73 Å². The monoisotopic (exact) mass is 165 g/mol. The Bertz CT molecular complexity index is 433. The van der Waals surface area contributed by atoms with E-state index in [0.717, 1.165) is 0 Å². The normalized spacial score (nSPS) is 10.8. The van der Waals surface area contributed by atoms with E-state index < -0.39 is 0 Å². The number of hydrogen-bond acceptors (Lipinski definition) is 2. The van der Waals surface area contributed by atoms with Crippen molar-refractivity contribution in [2.45, 2.75) is 6.92 Å². The Morgan fingerprint density at radius 2 is 2.33 bits per heavy atom. The predicted molar refractivity (Wildman–Crippen MR) is 45.2 cm³/mol. The fourth-order valence-electron chi connectivity index (χ4n) is 1.18. The molecule has 0 saturated heterocycles. The summed E-state index contributed by atoms with van der Waals surface area (Å²) in [5.74, 6) is -0.290. The number of hydrogen-bond donors (Lipinski definition) is 2. The van der Waals surface area contributed by atoms with Crippen molar-refractivity contribution in [3.8, 4) is 0 Å². The number of benzene rings is 1. The van der Waals surface area contributed by atoms with Crippen molar-refractivity contribution in [3.05, 3.63) is 23.6 Å². The number of nitrogens with two attached hydrogens (primary N) is 1. The Morgan fingerprint density at radius 3 is 3.08 bits per heavy atom. The van der Waals surface area contributed by atoms with Crippen LogP contribution in [-0.2, 0) is 0 Å². The first-order valence-corrected chi connectivity index (χ1v) is 3.58. The average Bonchev–Trinajstić information content (AvgIpc) is 2.48. The van der Waals surface area contributed by atoms with Crippen molar-refractivity contribution in [1.82, 2.24) is 10.2 Å². The number of anilines is 1. The molecule has 0 amide bonds. The minimum Gasteiger partial charge on any atom is -0.397 e. The number of fused-ring (bicyclic) bond motifs is 1. The fourth-order valence-corrected chi connectivity index (χ4v) is 1.18. The van der Waals surface area contributed by atoms with E-state index in [9.17, 15) is 4.39 Å². The van der Waals surface area contributed by atoms with Crippen molar-refractivity contribution >= 4 is 16.6 Å². The number of nitrogens with one attached hydrogen (secondary N) is 1. The topological polar surface area (TPSA) is 54.7 Å². The van der Waals surface area contributed by atoms with E-state index in [2.05, 4.69) is 10.2 Å². The third kappa shape index (κ3) is 0.777. The molecule has 2 rings (SSSR count). The third-order valence-corrected chi connectivity index (χ3v) is 1.98. The second-order valence-corrected chi connectivity index (χ2v) is 2.73. The van der Waals surface area contributed by atoms with Crippen LogP contribution in [0.4, 0.5) is 10.1 Å². The van der Waals surface area contributed by atoms with Gasteiger partial charge in [-0.25, -0.2) is 4.39 Å². The summed E-state index contributed by atoms with van der Waals surface area (Å²) in [6.45, 7) is 1.64. The summed E-state index contributed by atoms with van der Waals surface area (Å²) in [6.07, 6.45) is 1.55. The van der Waals surface area contributed by atoms with Crippen molar-refractivity contribution < 1.29 is 4.39 Å². The maximum Gasteiger partial charge on any atom is 0.128 e. The molecule has 1 aromatic heterocycles. The highest BCUT2D eigenvalue weighted by Crippen LogP contribution is 2.24. The molecule has 0 aliphatic heterocycles. The average molecular weight is 165 g/mol. The lowest BCUT2D eigenvalue weighted by atomic mass is 10.1. The lowest BCUT2D eigenvalue weighted by Gasteiger charge is -2.01. The second kappa shape index (κ2) is 2.20. The molecule has 62 valence electrons. The summed E-state index contributed by atoms with van der Waals surface area (Å²) in [4.78, 5) is 0. The fraction of sp³-hybridized carbons (Fsp3) is 0.125. The number of aromatic amines is 1. The molecule has 3 N–H and O–H groups in total. The van der Waals surface area contributed by atoms with Crippen LogP contribution in [0, 0.1) is 12.7 Å². The van der Waals surface area contributed by atoms with Crippen LogP contribution in [0.3, 0.4) is 0 Å². The van der Waals surface area contributed by atoms with Crippen molar-refractivity contribution in [1.29, 1.82) is 0 Å². The van der Waals surface area contributed by atoms with Gasteiger partial charge in [-0.1, -0.05) is 0 Å². The van der Waals surface area contributed by atoms with Crippen LogP contribution >= 0.6 is 0 Å². The van der Waals surface area contributed by atoms with Crippen LogP contribution in [0.15, 0.2) is 12.3 Å². The third-order valence-electron chi connectivity index (χ3n) is 1.98. The molecule has 0 atom stereocenters. The Hall–Kier alpha value is -1.58. The number of rotatable bonds is 0. The SMILES string of the molecule is Cc1c(F)cc2cn[nH]c2c1N. The molecule has 3 nitrogen and oxygen atoms in total. The predicted octanol–water partition coefficient (Wildman–Crippen LogP) is 1.59. The molecule has 0 fully saturated rings. The molecule has 0 bridgehead atoms. The number of aromatic nitrogens is 2. The van der Waals surface area contributed by atoms with E-state index in [4.69, 9.17) is 5.73 Å². The van der Waals surface area contributed by atoms with Gasteiger partial charge in [-0.2, -0.15) is 5.10 Å². The Labute approximate surface area is 68.4 Å². The maximum atomic E-state index is 13.1. The number of nitrogen functional groups attached to an aromatic ring is 1. The largest absolute Gasteiger partial charge is 0.397 e. The lowest BCUT2D eigenvalue weighted by Crippen LogP contribution is -1.94. The zero-order valence-electron chi connectivity index (χ0n) is 6.56. The van der Waals surface area contributed by atoms with Crippen molar-refractivity contribution in [2.24, 2.45) is 0 Å². The van der Waals surface area contributed by atoms with Crippen LogP contribution in [0.25, 0.3) is 10.9 Å². The van der Waals surface area contributed by atoms with Gasteiger partial charge in [-0.05, 0) is 13.0 Å². The molecule has 1 heterocycles. The van der Waals surface area contributed by atoms with Crippen LogP contribution in [-0.4, -0.2) is 10.2 Å². The molecule has 12 heavy (non-hydrogen) atoms. The van der Waals surface area contributed by atoms with E-state index in [1.807, 2.05) is 0 Å². The zero-order chi connectivity index (χ0) is 8.72. The first kappa shape index (κ1) is 7.09. The number of halogens is 1. The van der Waals surface area contributed by atoms with Gasteiger partial charge in [0.15, 0.2) is 0 Å². The van der Waals surface area contributed by atoms with Gasteiger partial charge in [0, 0.05) is 10.9 Å². The Balaban J connectivity index is 2.94. The highest BCUT2D eigenvalue weighted by Gasteiger charge is 2.07. The molecule has 0 aliphatic rings.